The Hall–Kier alpha value is -5.16. The highest BCUT2D eigenvalue weighted by molar-refractivity contribution is 5.96. The molecule has 278 valence electrons. The molecule has 5 N–H and O–H groups in total. The Morgan fingerprint density at radius 1 is 0.755 bits per heavy atom. The molecule has 0 spiro atoms. The van der Waals surface area contributed by atoms with E-state index in [1.807, 2.05) is 25.1 Å². The summed E-state index contributed by atoms with van der Waals surface area (Å²) in [6.07, 6.45) is -0.417. The number of methoxy groups -OCH3 is 3. The predicted octanol–water partition coefficient (Wildman–Crippen LogP) is 7.37. The average Bonchev–Trinajstić information content (AvgIpc) is 3.15. The van der Waals surface area contributed by atoms with Crippen LogP contribution in [0.25, 0.3) is 21.9 Å². The molecule has 10 nitrogen and oxygen atoms in total. The highest BCUT2D eigenvalue weighted by Crippen LogP contribution is 2.53. The van der Waals surface area contributed by atoms with Gasteiger partial charge in [-0.25, -0.2) is 0 Å². The quantitative estimate of drug-likeness (QED) is 0.0876. The molecule has 53 heavy (non-hydrogen) atoms. The van der Waals surface area contributed by atoms with E-state index in [4.69, 9.17) is 23.7 Å². The van der Waals surface area contributed by atoms with E-state index in [9.17, 15) is 25.5 Å². The summed E-state index contributed by atoms with van der Waals surface area (Å²) < 4.78 is 30.1. The molecule has 2 heterocycles. The number of aryl methyl sites for hydroxylation is 1. The van der Waals surface area contributed by atoms with Gasteiger partial charge in [0.1, 0.15) is 46.4 Å². The zero-order valence-corrected chi connectivity index (χ0v) is 30.3. The SMILES string of the molecule is CCc1cc(-c2cccc(O)c2)c(Cc2cc(OC)cc3c2OCC(C2C(CCCOC)Oc4c(cc(OC)c5cc(O)ccc45)C2O)C3O)cc1O. The molecule has 0 aromatic heterocycles. The van der Waals surface area contributed by atoms with Gasteiger partial charge in [-0.2, -0.15) is 0 Å². The van der Waals surface area contributed by atoms with Crippen LogP contribution in [0.3, 0.4) is 0 Å². The Labute approximate surface area is 308 Å². The van der Waals surface area contributed by atoms with Gasteiger partial charge in [0, 0.05) is 59.4 Å². The van der Waals surface area contributed by atoms with Crippen LogP contribution in [0.4, 0.5) is 0 Å². The smallest absolute Gasteiger partial charge is 0.133 e. The van der Waals surface area contributed by atoms with Crippen LogP contribution in [0, 0.1) is 11.8 Å². The molecular weight excluding hydrogens is 676 g/mol. The maximum atomic E-state index is 12.3. The molecule has 5 aromatic rings. The molecule has 0 saturated heterocycles. The number of hydrogen-bond donors (Lipinski definition) is 5. The highest BCUT2D eigenvalue weighted by Gasteiger charge is 2.48. The van der Waals surface area contributed by atoms with E-state index in [0.717, 1.165) is 27.8 Å². The number of fused-ring (bicyclic) bond motifs is 4. The number of ether oxygens (including phenoxy) is 5. The number of aliphatic hydroxyl groups is 2. The van der Waals surface area contributed by atoms with Gasteiger partial charge in [-0.15, -0.1) is 0 Å². The average molecular weight is 723 g/mol. The first kappa shape index (κ1) is 36.2. The van der Waals surface area contributed by atoms with Crippen molar-refractivity contribution >= 4 is 10.8 Å². The van der Waals surface area contributed by atoms with Crippen LogP contribution in [0.15, 0.2) is 72.8 Å². The lowest BCUT2D eigenvalue weighted by Gasteiger charge is -2.45. The van der Waals surface area contributed by atoms with Gasteiger partial charge < -0.3 is 49.2 Å². The summed E-state index contributed by atoms with van der Waals surface area (Å²) in [5.41, 5.74) is 5.08. The summed E-state index contributed by atoms with van der Waals surface area (Å²) in [6, 6.07) is 21.1. The number of aromatic hydroxyl groups is 3. The van der Waals surface area contributed by atoms with Gasteiger partial charge in [0.05, 0.1) is 33.0 Å². The summed E-state index contributed by atoms with van der Waals surface area (Å²) in [5, 5.41) is 57.3. The van der Waals surface area contributed by atoms with Crippen molar-refractivity contribution in [2.45, 2.75) is 50.9 Å². The second-order valence-corrected chi connectivity index (χ2v) is 13.9. The van der Waals surface area contributed by atoms with Gasteiger partial charge in [-0.1, -0.05) is 19.1 Å². The summed E-state index contributed by atoms with van der Waals surface area (Å²) in [6.45, 7) is 2.58. The van der Waals surface area contributed by atoms with Gasteiger partial charge in [0.15, 0.2) is 0 Å². The monoisotopic (exact) mass is 722 g/mol. The largest absolute Gasteiger partial charge is 0.508 e. The molecule has 0 amide bonds. The van der Waals surface area contributed by atoms with Crippen LogP contribution in [-0.4, -0.2) is 66.2 Å². The van der Waals surface area contributed by atoms with Crippen LogP contribution < -0.4 is 18.9 Å². The van der Waals surface area contributed by atoms with Crippen molar-refractivity contribution in [2.75, 3.05) is 34.5 Å². The Kier molecular flexibility index (Phi) is 10.3. The molecule has 0 saturated carbocycles. The summed E-state index contributed by atoms with van der Waals surface area (Å²) >= 11 is 0. The second-order valence-electron chi connectivity index (χ2n) is 13.9. The van der Waals surface area contributed by atoms with E-state index in [-0.39, 0.29) is 23.9 Å². The fraction of sp³-hybridized carbons (Fsp3) is 0.349. The molecule has 7 rings (SSSR count). The molecule has 2 aliphatic rings. The van der Waals surface area contributed by atoms with E-state index >= 15 is 0 Å². The van der Waals surface area contributed by atoms with Crippen molar-refractivity contribution in [3.05, 3.63) is 101 Å². The van der Waals surface area contributed by atoms with Crippen LogP contribution in [0.1, 0.15) is 59.8 Å². The topological polar surface area (TPSA) is 147 Å². The fourth-order valence-corrected chi connectivity index (χ4v) is 8.13. The molecule has 0 fully saturated rings. The summed E-state index contributed by atoms with van der Waals surface area (Å²) in [5.74, 6) is 1.29. The molecule has 5 aromatic carbocycles. The zero-order valence-electron chi connectivity index (χ0n) is 30.3. The van der Waals surface area contributed by atoms with Gasteiger partial charge in [-0.05, 0) is 102 Å². The lowest BCUT2D eigenvalue weighted by Crippen LogP contribution is -2.46. The van der Waals surface area contributed by atoms with Crippen LogP contribution in [0.5, 0.6) is 40.2 Å². The van der Waals surface area contributed by atoms with Crippen LogP contribution in [0.2, 0.25) is 0 Å². The van der Waals surface area contributed by atoms with Crippen molar-refractivity contribution in [2.24, 2.45) is 11.8 Å². The van der Waals surface area contributed by atoms with Gasteiger partial charge in [-0.3, -0.25) is 0 Å². The number of benzene rings is 5. The first-order valence-electron chi connectivity index (χ1n) is 18.0. The highest BCUT2D eigenvalue weighted by atomic mass is 16.5. The Bertz CT molecular complexity index is 2130. The van der Waals surface area contributed by atoms with Crippen molar-refractivity contribution in [1.29, 1.82) is 0 Å². The minimum atomic E-state index is -1.05. The molecule has 0 radical (unpaired) electrons. The molecule has 10 heteroatoms. The Morgan fingerprint density at radius 3 is 2.28 bits per heavy atom. The second kappa shape index (κ2) is 15.1. The van der Waals surface area contributed by atoms with Crippen LogP contribution in [-0.2, 0) is 17.6 Å². The van der Waals surface area contributed by atoms with Crippen LogP contribution >= 0.6 is 0 Å². The third-order valence-corrected chi connectivity index (χ3v) is 10.8. The maximum absolute atomic E-state index is 12.3. The molecule has 0 aliphatic carbocycles. The Morgan fingerprint density at radius 2 is 1.55 bits per heavy atom. The van der Waals surface area contributed by atoms with E-state index in [2.05, 4.69) is 0 Å². The molecule has 0 bridgehead atoms. The van der Waals surface area contributed by atoms with Crippen molar-refractivity contribution < 1.29 is 49.2 Å². The van der Waals surface area contributed by atoms with Gasteiger partial charge in [0.2, 0.25) is 0 Å². The molecule has 2 aliphatic heterocycles. The van der Waals surface area contributed by atoms with E-state index in [1.54, 1.807) is 75.9 Å². The van der Waals surface area contributed by atoms with Crippen molar-refractivity contribution in [3.8, 4) is 51.4 Å². The summed E-state index contributed by atoms with van der Waals surface area (Å²) in [4.78, 5) is 0. The van der Waals surface area contributed by atoms with E-state index in [1.165, 1.54) is 0 Å². The number of rotatable bonds is 11. The maximum Gasteiger partial charge on any atom is 0.133 e. The normalized spacial score (nSPS) is 20.6. The van der Waals surface area contributed by atoms with Crippen molar-refractivity contribution in [1.82, 2.24) is 0 Å². The first-order valence-corrected chi connectivity index (χ1v) is 18.0. The standard InChI is InChI=1S/C43H46O10/c1-5-23-17-31(24-8-6-9-27(44)15-24)25(18-36(23)46)14-26-16-29(50-3)20-33-40(47)35(22-52-42(26)33)39-37(10-7-13-49-2)53-43-30-12-11-28(45)19-32(30)38(51-4)21-34(43)41(39)48/h6,8-9,11-12,15-21,35,37,39-41,44-48H,5,7,10,13-14,22H2,1-4H3. The van der Waals surface area contributed by atoms with E-state index < -0.39 is 30.1 Å². The fourth-order valence-electron chi connectivity index (χ4n) is 8.13. The number of aliphatic hydroxyl groups excluding tert-OH is 2. The summed E-state index contributed by atoms with van der Waals surface area (Å²) in [7, 11) is 4.75. The molecule has 5 atom stereocenters. The first-order chi connectivity index (χ1) is 25.6. The third-order valence-electron chi connectivity index (χ3n) is 10.8. The lowest BCUT2D eigenvalue weighted by molar-refractivity contribution is -0.0883. The minimum Gasteiger partial charge on any atom is -0.508 e. The molecule has 5 unspecified atom stereocenters. The number of phenols is 3. The van der Waals surface area contributed by atoms with Gasteiger partial charge >= 0.3 is 0 Å². The lowest BCUT2D eigenvalue weighted by atomic mass is 9.72. The predicted molar refractivity (Wildman–Crippen MR) is 200 cm³/mol. The zero-order chi connectivity index (χ0) is 37.4. The number of phenolic OH excluding ortho intramolecular Hbond substituents is 3. The Balaban J connectivity index is 1.29. The third kappa shape index (κ3) is 6.78. The number of hydrogen-bond acceptors (Lipinski definition) is 10. The van der Waals surface area contributed by atoms with Gasteiger partial charge in [0.25, 0.3) is 0 Å². The van der Waals surface area contributed by atoms with E-state index in [0.29, 0.717) is 77.2 Å². The molecular formula is C43H46O10. The van der Waals surface area contributed by atoms with Crippen molar-refractivity contribution in [3.63, 3.8) is 0 Å². The minimum absolute atomic E-state index is 0.0860.